The van der Waals surface area contributed by atoms with Crippen LogP contribution in [-0.4, -0.2) is 0 Å². The summed E-state index contributed by atoms with van der Waals surface area (Å²) in [5.74, 6) is 0. The molecular weight excluding hydrogens is 350 g/mol. The van der Waals surface area contributed by atoms with Gasteiger partial charge in [0.2, 0.25) is 10.9 Å². The Hall–Kier alpha value is -3.38. The molecule has 26 heavy (non-hydrogen) atoms. The molecule has 0 saturated heterocycles. The van der Waals surface area contributed by atoms with Crippen molar-refractivity contribution in [1.29, 1.82) is 0 Å². The minimum absolute atomic E-state index is 0.0287. The Kier molecular flexibility index (Phi) is 2.77. The summed E-state index contributed by atoms with van der Waals surface area (Å²) in [6.07, 6.45) is 0. The van der Waals surface area contributed by atoms with E-state index in [0.717, 1.165) is 11.3 Å². The molecule has 0 aliphatic carbocycles. The first kappa shape index (κ1) is 14.9. The van der Waals surface area contributed by atoms with Crippen LogP contribution in [0.3, 0.4) is 0 Å². The normalized spacial score (nSPS) is 11.8. The van der Waals surface area contributed by atoms with Gasteiger partial charge in [-0.25, -0.2) is 0 Å². The lowest BCUT2D eigenvalue weighted by Gasteiger charge is -2.00. The molecular formula is C20H9NO4S. The molecule has 5 nitrogen and oxygen atoms in total. The Morgan fingerprint density at radius 1 is 0.577 bits per heavy atom. The second-order valence-corrected chi connectivity index (χ2v) is 7.16. The molecule has 0 amide bonds. The highest BCUT2D eigenvalue weighted by atomic mass is 32.1. The van der Waals surface area contributed by atoms with E-state index in [1.807, 2.05) is 0 Å². The topological polar surface area (TPSA) is 94.3 Å². The monoisotopic (exact) mass is 359 g/mol. The van der Waals surface area contributed by atoms with E-state index in [9.17, 15) is 19.2 Å². The molecule has 2 N–H and O–H groups in total. The fourth-order valence-corrected chi connectivity index (χ4v) is 4.78. The van der Waals surface area contributed by atoms with E-state index >= 15 is 0 Å². The van der Waals surface area contributed by atoms with Crippen molar-refractivity contribution >= 4 is 58.7 Å². The number of rotatable bonds is 0. The van der Waals surface area contributed by atoms with Crippen LogP contribution in [-0.2, 0) is 0 Å². The van der Waals surface area contributed by atoms with E-state index < -0.39 is 16.3 Å². The minimum atomic E-state index is -0.445. The first-order valence-electron chi connectivity index (χ1n) is 7.83. The molecule has 0 bridgehead atoms. The Morgan fingerprint density at radius 3 is 1.81 bits per heavy atom. The molecule has 0 radical (unpaired) electrons. The van der Waals surface area contributed by atoms with Crippen molar-refractivity contribution in [1.82, 2.24) is 0 Å². The average molecular weight is 359 g/mol. The van der Waals surface area contributed by atoms with Crippen molar-refractivity contribution in [3.63, 3.8) is 0 Å². The predicted molar refractivity (Wildman–Crippen MR) is 106 cm³/mol. The first-order valence-corrected chi connectivity index (χ1v) is 8.65. The smallest absolute Gasteiger partial charge is 0.206 e. The highest BCUT2D eigenvalue weighted by Crippen LogP contribution is 2.29. The van der Waals surface area contributed by atoms with Crippen molar-refractivity contribution < 1.29 is 0 Å². The van der Waals surface area contributed by atoms with Gasteiger partial charge in [0.05, 0.1) is 25.6 Å². The molecule has 4 aromatic carbocycles. The van der Waals surface area contributed by atoms with Crippen molar-refractivity contribution in [2.75, 3.05) is 5.73 Å². The second kappa shape index (κ2) is 4.83. The summed E-state index contributed by atoms with van der Waals surface area (Å²) in [4.78, 5) is 51.8. The number of anilines is 1. The SMILES string of the molecule is Nc1cccc2c(=O)c3c(sc4c(=O)c5ccccc5c(=O)c43)c(=O)c12. The van der Waals surface area contributed by atoms with E-state index in [0.29, 0.717) is 5.39 Å². The zero-order valence-electron chi connectivity index (χ0n) is 13.2. The molecule has 0 atom stereocenters. The van der Waals surface area contributed by atoms with E-state index in [1.54, 1.807) is 36.4 Å². The highest BCUT2D eigenvalue weighted by Gasteiger charge is 2.22. The van der Waals surface area contributed by atoms with E-state index in [-0.39, 0.29) is 47.4 Å². The van der Waals surface area contributed by atoms with Gasteiger partial charge in [-0.1, -0.05) is 36.4 Å². The standard InChI is InChI=1S/C20H9NO4S/c21-11-7-3-6-10-12(11)18(25)20-14(16(10)23)13-15(22)8-4-1-2-5-9(8)17(24)19(13)26-20/h1-7H,21H2. The highest BCUT2D eigenvalue weighted by molar-refractivity contribution is 7.25. The molecule has 1 aromatic heterocycles. The summed E-state index contributed by atoms with van der Waals surface area (Å²) in [5, 5.41) is 0.925. The lowest BCUT2D eigenvalue weighted by Crippen LogP contribution is -2.15. The van der Waals surface area contributed by atoms with Crippen LogP contribution in [0.5, 0.6) is 0 Å². The molecule has 0 aliphatic rings. The van der Waals surface area contributed by atoms with Crippen molar-refractivity contribution in [3.8, 4) is 0 Å². The molecule has 0 aliphatic heterocycles. The van der Waals surface area contributed by atoms with Crippen LogP contribution in [0.4, 0.5) is 5.69 Å². The first-order chi connectivity index (χ1) is 12.5. The maximum atomic E-state index is 13.0. The van der Waals surface area contributed by atoms with E-state index in [2.05, 4.69) is 0 Å². The molecule has 5 rings (SSSR count). The number of hydrogen-bond donors (Lipinski definition) is 1. The Labute approximate surface area is 148 Å². The molecule has 0 spiro atoms. The molecule has 0 unspecified atom stereocenters. The maximum absolute atomic E-state index is 13.0. The van der Waals surface area contributed by atoms with E-state index in [4.69, 9.17) is 5.73 Å². The quantitative estimate of drug-likeness (QED) is 0.428. The van der Waals surface area contributed by atoms with Crippen LogP contribution < -0.4 is 27.4 Å². The summed E-state index contributed by atoms with van der Waals surface area (Å²) in [5.41, 5.74) is 4.50. The maximum Gasteiger partial charge on any atom is 0.206 e. The Morgan fingerprint density at radius 2 is 1.12 bits per heavy atom. The summed E-state index contributed by atoms with van der Waals surface area (Å²) < 4.78 is 0.256. The van der Waals surface area contributed by atoms with Gasteiger partial charge < -0.3 is 5.73 Å². The van der Waals surface area contributed by atoms with Gasteiger partial charge in [-0.3, -0.25) is 19.2 Å². The van der Waals surface area contributed by atoms with Gasteiger partial charge in [-0.15, -0.1) is 11.3 Å². The number of benzene rings is 4. The molecule has 0 fully saturated rings. The van der Waals surface area contributed by atoms with Crippen LogP contribution in [0.25, 0.3) is 41.7 Å². The number of nitrogens with two attached hydrogens (primary N) is 1. The van der Waals surface area contributed by atoms with Gasteiger partial charge in [-0.2, -0.15) is 0 Å². The fraction of sp³-hybridized carbons (Fsp3) is 0. The summed E-state index contributed by atoms with van der Waals surface area (Å²) in [6.45, 7) is 0. The van der Waals surface area contributed by atoms with Crippen LogP contribution >= 0.6 is 11.3 Å². The number of fused-ring (bicyclic) bond motifs is 5. The summed E-state index contributed by atoms with van der Waals surface area (Å²) in [7, 11) is 0. The molecule has 6 heteroatoms. The lowest BCUT2D eigenvalue weighted by molar-refractivity contribution is 1.68. The summed E-state index contributed by atoms with van der Waals surface area (Å²) >= 11 is 0.901. The second-order valence-electron chi connectivity index (χ2n) is 6.14. The van der Waals surface area contributed by atoms with Crippen molar-refractivity contribution in [2.45, 2.75) is 0 Å². The Bertz CT molecular complexity index is 1620. The third kappa shape index (κ3) is 1.64. The van der Waals surface area contributed by atoms with Crippen LogP contribution in [0.1, 0.15) is 0 Å². The molecule has 5 aromatic rings. The summed E-state index contributed by atoms with van der Waals surface area (Å²) in [6, 6.07) is 11.1. The third-order valence-corrected chi connectivity index (χ3v) is 5.95. The Balaban J connectivity index is 2.25. The lowest BCUT2D eigenvalue weighted by atomic mass is 10.0. The zero-order chi connectivity index (χ0) is 18.2. The van der Waals surface area contributed by atoms with Gasteiger partial charge >= 0.3 is 0 Å². The zero-order valence-corrected chi connectivity index (χ0v) is 14.0. The van der Waals surface area contributed by atoms with Gasteiger partial charge in [0, 0.05) is 21.8 Å². The van der Waals surface area contributed by atoms with Gasteiger partial charge in [0.15, 0.2) is 10.9 Å². The van der Waals surface area contributed by atoms with Gasteiger partial charge in [-0.05, 0) is 6.07 Å². The van der Waals surface area contributed by atoms with Crippen molar-refractivity contribution in [2.24, 2.45) is 0 Å². The average Bonchev–Trinajstić information content (AvgIpc) is 3.06. The molecule has 124 valence electrons. The number of nitrogen functional groups attached to an aromatic ring is 1. The largest absolute Gasteiger partial charge is 0.398 e. The number of hydrogen-bond acceptors (Lipinski definition) is 6. The minimum Gasteiger partial charge on any atom is -0.398 e. The molecule has 1 heterocycles. The van der Waals surface area contributed by atoms with Crippen molar-refractivity contribution in [3.05, 3.63) is 83.4 Å². The fourth-order valence-electron chi connectivity index (χ4n) is 3.58. The van der Waals surface area contributed by atoms with Gasteiger partial charge in [0.1, 0.15) is 0 Å². The van der Waals surface area contributed by atoms with Crippen LogP contribution in [0.15, 0.2) is 61.6 Å². The van der Waals surface area contributed by atoms with Gasteiger partial charge in [0.25, 0.3) is 0 Å². The molecule has 0 saturated carbocycles. The van der Waals surface area contributed by atoms with Crippen LogP contribution in [0.2, 0.25) is 0 Å². The predicted octanol–water partition coefficient (Wildman–Crippen LogP) is 2.26. The van der Waals surface area contributed by atoms with E-state index in [1.165, 1.54) is 6.07 Å². The number of thiophene rings is 1. The van der Waals surface area contributed by atoms with Crippen LogP contribution in [0, 0.1) is 0 Å². The third-order valence-electron chi connectivity index (χ3n) is 4.76.